The molecule has 1 aliphatic rings. The number of ether oxygens (including phenoxy) is 2. The molecule has 0 aromatic heterocycles. The van der Waals surface area contributed by atoms with E-state index in [-0.39, 0.29) is 12.0 Å². The number of benzene rings is 2. The van der Waals surface area contributed by atoms with Crippen molar-refractivity contribution < 1.29 is 14.3 Å². The molecule has 2 N–H and O–H groups in total. The highest BCUT2D eigenvalue weighted by atomic mass is 16.5. The van der Waals surface area contributed by atoms with E-state index < -0.39 is 6.04 Å². The van der Waals surface area contributed by atoms with E-state index in [1.807, 2.05) is 26.0 Å². The van der Waals surface area contributed by atoms with Crippen LogP contribution in [-0.2, 0) is 11.2 Å². The molecule has 0 bridgehead atoms. The van der Waals surface area contributed by atoms with Crippen LogP contribution in [-0.4, -0.2) is 24.7 Å². The zero-order valence-electron chi connectivity index (χ0n) is 15.7. The number of hydrogen-bond donors (Lipinski definition) is 2. The van der Waals surface area contributed by atoms with Crippen LogP contribution in [0.3, 0.4) is 0 Å². The van der Waals surface area contributed by atoms with E-state index in [1.165, 1.54) is 0 Å². The number of fused-ring (bicyclic) bond motifs is 1. The van der Waals surface area contributed by atoms with Crippen molar-refractivity contribution in [2.75, 3.05) is 17.2 Å². The van der Waals surface area contributed by atoms with Crippen LogP contribution < -0.4 is 20.1 Å². The first-order chi connectivity index (χ1) is 13.0. The molecule has 1 aliphatic heterocycles. The van der Waals surface area contributed by atoms with Crippen molar-refractivity contribution in [1.29, 1.82) is 5.26 Å². The number of anilines is 2. The summed E-state index contributed by atoms with van der Waals surface area (Å²) in [4.78, 5) is 12.5. The van der Waals surface area contributed by atoms with Crippen LogP contribution in [0, 0.1) is 11.3 Å². The Labute approximate surface area is 159 Å². The molecule has 0 aliphatic carbocycles. The molecular formula is C21H23N3O3. The number of hydrogen-bond acceptors (Lipinski definition) is 5. The molecule has 2 atom stereocenters. The summed E-state index contributed by atoms with van der Waals surface area (Å²) in [7, 11) is 0. The minimum atomic E-state index is -0.489. The van der Waals surface area contributed by atoms with E-state index in [0.717, 1.165) is 23.4 Å². The molecular weight excluding hydrogens is 342 g/mol. The Kier molecular flexibility index (Phi) is 5.51. The van der Waals surface area contributed by atoms with Crippen LogP contribution >= 0.6 is 0 Å². The molecule has 3 rings (SSSR count). The van der Waals surface area contributed by atoms with E-state index in [2.05, 4.69) is 16.7 Å². The number of rotatable bonds is 6. The van der Waals surface area contributed by atoms with Crippen molar-refractivity contribution in [2.24, 2.45) is 0 Å². The monoisotopic (exact) mass is 365 g/mol. The first kappa shape index (κ1) is 18.6. The predicted octanol–water partition coefficient (Wildman–Crippen LogP) is 3.72. The van der Waals surface area contributed by atoms with Crippen molar-refractivity contribution in [2.45, 2.75) is 39.3 Å². The molecule has 6 heteroatoms. The van der Waals surface area contributed by atoms with Gasteiger partial charge in [-0.1, -0.05) is 0 Å². The second-order valence-corrected chi connectivity index (χ2v) is 6.57. The Morgan fingerprint density at radius 2 is 2.11 bits per heavy atom. The third-order valence-corrected chi connectivity index (χ3v) is 4.34. The van der Waals surface area contributed by atoms with Gasteiger partial charge in [-0.05, 0) is 51.1 Å². The van der Waals surface area contributed by atoms with Crippen LogP contribution in [0.2, 0.25) is 0 Å². The summed E-state index contributed by atoms with van der Waals surface area (Å²) < 4.78 is 11.6. The second kappa shape index (κ2) is 8.00. The van der Waals surface area contributed by atoms with Crippen molar-refractivity contribution in [3.8, 4) is 17.6 Å². The molecule has 1 amide bonds. The number of carbonyl (C=O) groups is 1. The molecule has 0 saturated heterocycles. The van der Waals surface area contributed by atoms with Gasteiger partial charge >= 0.3 is 0 Å². The molecule has 6 nitrogen and oxygen atoms in total. The molecule has 0 unspecified atom stereocenters. The maximum Gasteiger partial charge on any atom is 0.246 e. The SMILES string of the molecule is CCOc1cc2c(cc1N[C@H](C)C(=O)Nc1ccc(C#N)cc1)O[C@H](C)C2. The van der Waals surface area contributed by atoms with Gasteiger partial charge in [-0.25, -0.2) is 0 Å². The van der Waals surface area contributed by atoms with Crippen LogP contribution in [0.5, 0.6) is 11.5 Å². The van der Waals surface area contributed by atoms with Crippen molar-refractivity contribution in [3.63, 3.8) is 0 Å². The average Bonchev–Trinajstić information content (AvgIpc) is 3.01. The predicted molar refractivity (Wildman–Crippen MR) is 104 cm³/mol. The van der Waals surface area contributed by atoms with Gasteiger partial charge in [0, 0.05) is 23.7 Å². The third-order valence-electron chi connectivity index (χ3n) is 4.34. The zero-order chi connectivity index (χ0) is 19.4. The summed E-state index contributed by atoms with van der Waals surface area (Å²) in [5, 5.41) is 14.9. The van der Waals surface area contributed by atoms with Crippen LogP contribution in [0.1, 0.15) is 31.9 Å². The number of nitrogens with one attached hydrogen (secondary N) is 2. The average molecular weight is 365 g/mol. The van der Waals surface area contributed by atoms with E-state index in [1.54, 1.807) is 31.2 Å². The quantitative estimate of drug-likeness (QED) is 0.815. The number of nitriles is 1. The molecule has 2 aromatic rings. The van der Waals surface area contributed by atoms with Gasteiger partial charge in [0.2, 0.25) is 5.91 Å². The number of amides is 1. The molecule has 27 heavy (non-hydrogen) atoms. The number of carbonyl (C=O) groups excluding carboxylic acids is 1. The van der Waals surface area contributed by atoms with Gasteiger partial charge in [-0.3, -0.25) is 4.79 Å². The molecule has 2 aromatic carbocycles. The second-order valence-electron chi connectivity index (χ2n) is 6.57. The lowest BCUT2D eigenvalue weighted by Crippen LogP contribution is -2.32. The summed E-state index contributed by atoms with van der Waals surface area (Å²) in [5.41, 5.74) is 3.04. The molecule has 0 fully saturated rings. The summed E-state index contributed by atoms with van der Waals surface area (Å²) in [6, 6.07) is 12.2. The van der Waals surface area contributed by atoms with Gasteiger partial charge < -0.3 is 20.1 Å². The molecule has 1 heterocycles. The van der Waals surface area contributed by atoms with Gasteiger partial charge in [0.05, 0.1) is 23.9 Å². The van der Waals surface area contributed by atoms with E-state index in [0.29, 0.717) is 23.6 Å². The normalized spacial score (nSPS) is 15.9. The van der Waals surface area contributed by atoms with Crippen LogP contribution in [0.25, 0.3) is 0 Å². The van der Waals surface area contributed by atoms with Gasteiger partial charge in [-0.15, -0.1) is 0 Å². The highest BCUT2D eigenvalue weighted by Crippen LogP contribution is 2.38. The Morgan fingerprint density at radius 3 is 2.78 bits per heavy atom. The van der Waals surface area contributed by atoms with Crippen molar-refractivity contribution in [3.05, 3.63) is 47.5 Å². The van der Waals surface area contributed by atoms with Crippen molar-refractivity contribution >= 4 is 17.3 Å². The topological polar surface area (TPSA) is 83.4 Å². The Bertz CT molecular complexity index is 871. The summed E-state index contributed by atoms with van der Waals surface area (Å²) in [6.45, 7) is 6.28. The summed E-state index contributed by atoms with van der Waals surface area (Å²) in [6.07, 6.45) is 0.992. The lowest BCUT2D eigenvalue weighted by Gasteiger charge is -2.19. The van der Waals surface area contributed by atoms with Crippen LogP contribution in [0.15, 0.2) is 36.4 Å². The van der Waals surface area contributed by atoms with Crippen molar-refractivity contribution in [1.82, 2.24) is 0 Å². The fourth-order valence-electron chi connectivity index (χ4n) is 3.00. The smallest absolute Gasteiger partial charge is 0.246 e. The third kappa shape index (κ3) is 4.32. The fourth-order valence-corrected chi connectivity index (χ4v) is 3.00. The summed E-state index contributed by atoms with van der Waals surface area (Å²) >= 11 is 0. The van der Waals surface area contributed by atoms with Gasteiger partial charge in [0.1, 0.15) is 23.6 Å². The lowest BCUT2D eigenvalue weighted by molar-refractivity contribution is -0.116. The van der Waals surface area contributed by atoms with E-state index in [4.69, 9.17) is 14.7 Å². The Hall–Kier alpha value is -3.20. The first-order valence-electron chi connectivity index (χ1n) is 9.04. The summed E-state index contributed by atoms with van der Waals surface area (Å²) in [5.74, 6) is 1.36. The molecule has 0 radical (unpaired) electrons. The van der Waals surface area contributed by atoms with E-state index >= 15 is 0 Å². The van der Waals surface area contributed by atoms with Gasteiger partial charge in [-0.2, -0.15) is 5.26 Å². The largest absolute Gasteiger partial charge is 0.492 e. The maximum atomic E-state index is 12.5. The minimum absolute atomic E-state index is 0.141. The van der Waals surface area contributed by atoms with Gasteiger partial charge in [0.25, 0.3) is 0 Å². The van der Waals surface area contributed by atoms with E-state index in [9.17, 15) is 4.79 Å². The Balaban J connectivity index is 1.72. The molecule has 0 saturated carbocycles. The van der Waals surface area contributed by atoms with Gasteiger partial charge in [0.15, 0.2) is 0 Å². The maximum absolute atomic E-state index is 12.5. The molecule has 140 valence electrons. The fraction of sp³-hybridized carbons (Fsp3) is 0.333. The number of nitrogens with zero attached hydrogens (tertiary/aromatic N) is 1. The minimum Gasteiger partial charge on any atom is -0.492 e. The molecule has 0 spiro atoms. The van der Waals surface area contributed by atoms with Crippen LogP contribution in [0.4, 0.5) is 11.4 Å². The standard InChI is InChI=1S/C21H23N3O3/c1-4-26-20-10-16-9-13(2)27-19(16)11-18(20)23-14(3)21(25)24-17-7-5-15(12-22)6-8-17/h5-8,10-11,13-14,23H,4,9H2,1-3H3,(H,24,25)/t13-,14-/m1/s1. The Morgan fingerprint density at radius 1 is 1.37 bits per heavy atom. The lowest BCUT2D eigenvalue weighted by atomic mass is 10.1. The zero-order valence-corrected chi connectivity index (χ0v) is 15.7. The highest BCUT2D eigenvalue weighted by molar-refractivity contribution is 5.96. The highest BCUT2D eigenvalue weighted by Gasteiger charge is 2.23. The first-order valence-corrected chi connectivity index (χ1v) is 9.04.